The van der Waals surface area contributed by atoms with Gasteiger partial charge < -0.3 is 5.32 Å². The van der Waals surface area contributed by atoms with Crippen LogP contribution in [0.4, 0.5) is 5.82 Å². The van der Waals surface area contributed by atoms with Crippen LogP contribution in [0.2, 0.25) is 10.0 Å². The number of hydrogen-bond acceptors (Lipinski definition) is 3. The molecule has 1 heterocycles. The van der Waals surface area contributed by atoms with Gasteiger partial charge in [0.05, 0.1) is 0 Å². The van der Waals surface area contributed by atoms with E-state index < -0.39 is 0 Å². The zero-order chi connectivity index (χ0) is 16.8. The molecule has 0 aliphatic heterocycles. The Labute approximate surface area is 149 Å². The van der Waals surface area contributed by atoms with E-state index in [2.05, 4.69) is 15.6 Å². The Kier molecular flexibility index (Phi) is 6.10. The van der Waals surface area contributed by atoms with Crippen LogP contribution >= 0.6 is 35.4 Å². The molecule has 0 spiro atoms. The number of benzene rings is 1. The Balaban J connectivity index is 1.93. The molecule has 0 radical (unpaired) electrons. The highest BCUT2D eigenvalue weighted by atomic mass is 35.5. The van der Waals surface area contributed by atoms with Gasteiger partial charge in [0.15, 0.2) is 5.11 Å². The Hall–Kier alpha value is -1.95. The number of rotatable bonds is 3. The monoisotopic (exact) mass is 365 g/mol. The van der Waals surface area contributed by atoms with Crippen LogP contribution in [0.15, 0.2) is 42.5 Å². The Bertz CT molecular complexity index is 778. The number of nitrogens with zero attached hydrogens (tertiary/aromatic N) is 1. The molecule has 118 valence electrons. The Morgan fingerprint density at radius 3 is 2.74 bits per heavy atom. The van der Waals surface area contributed by atoms with Crippen molar-refractivity contribution in [2.75, 3.05) is 5.32 Å². The number of aryl methyl sites for hydroxylation is 1. The lowest BCUT2D eigenvalue weighted by Crippen LogP contribution is -2.33. The highest BCUT2D eigenvalue weighted by molar-refractivity contribution is 7.80. The zero-order valence-corrected chi connectivity index (χ0v) is 14.5. The van der Waals surface area contributed by atoms with Crippen LogP contribution in [0.5, 0.6) is 0 Å². The molecule has 23 heavy (non-hydrogen) atoms. The van der Waals surface area contributed by atoms with Gasteiger partial charge in [-0.05, 0) is 55.0 Å². The van der Waals surface area contributed by atoms with Gasteiger partial charge in [0.2, 0.25) is 5.91 Å². The van der Waals surface area contributed by atoms with Crippen molar-refractivity contribution in [1.29, 1.82) is 0 Å². The molecule has 0 aliphatic rings. The van der Waals surface area contributed by atoms with Crippen molar-refractivity contribution in [2.24, 2.45) is 0 Å². The maximum Gasteiger partial charge on any atom is 0.250 e. The molecular formula is C16H13Cl2N3OS. The fourth-order valence-corrected chi connectivity index (χ4v) is 2.39. The second-order valence-corrected chi connectivity index (χ2v) is 5.86. The fourth-order valence-electron chi connectivity index (χ4n) is 1.72. The largest absolute Gasteiger partial charge is 0.317 e. The van der Waals surface area contributed by atoms with Gasteiger partial charge >= 0.3 is 0 Å². The van der Waals surface area contributed by atoms with Crippen molar-refractivity contribution < 1.29 is 4.79 Å². The highest BCUT2D eigenvalue weighted by Crippen LogP contribution is 2.21. The van der Waals surface area contributed by atoms with Gasteiger partial charge in [-0.1, -0.05) is 35.3 Å². The van der Waals surface area contributed by atoms with Crippen molar-refractivity contribution in [3.63, 3.8) is 0 Å². The van der Waals surface area contributed by atoms with E-state index in [0.29, 0.717) is 21.4 Å². The number of anilines is 1. The summed E-state index contributed by atoms with van der Waals surface area (Å²) in [6, 6.07) is 10.5. The van der Waals surface area contributed by atoms with Gasteiger partial charge in [-0.2, -0.15) is 0 Å². The average Bonchev–Trinajstić information content (AvgIpc) is 2.46. The molecule has 2 rings (SSSR count). The summed E-state index contributed by atoms with van der Waals surface area (Å²) in [7, 11) is 0. The molecule has 0 fully saturated rings. The van der Waals surface area contributed by atoms with Crippen LogP contribution in [0, 0.1) is 6.92 Å². The number of hydrogen-bond donors (Lipinski definition) is 2. The molecule has 1 amide bonds. The van der Waals surface area contributed by atoms with E-state index in [-0.39, 0.29) is 11.0 Å². The third-order valence-corrected chi connectivity index (χ3v) is 3.51. The van der Waals surface area contributed by atoms with Crippen LogP contribution < -0.4 is 10.6 Å². The SMILES string of the molecule is Cc1cccc(NC(=S)NC(=O)/C=C/c2ccc(Cl)cc2Cl)n1. The number of nitrogens with one attached hydrogen (secondary N) is 2. The molecule has 7 heteroatoms. The smallest absolute Gasteiger partial charge is 0.250 e. The van der Waals surface area contributed by atoms with Crippen LogP contribution in [-0.4, -0.2) is 16.0 Å². The van der Waals surface area contributed by atoms with Crippen LogP contribution in [0.25, 0.3) is 6.08 Å². The summed E-state index contributed by atoms with van der Waals surface area (Å²) in [5, 5.41) is 6.54. The summed E-state index contributed by atoms with van der Waals surface area (Å²) in [6.07, 6.45) is 2.92. The lowest BCUT2D eigenvalue weighted by Gasteiger charge is -2.07. The maximum atomic E-state index is 11.8. The van der Waals surface area contributed by atoms with Crippen molar-refractivity contribution in [3.8, 4) is 0 Å². The van der Waals surface area contributed by atoms with E-state index in [9.17, 15) is 4.79 Å². The van der Waals surface area contributed by atoms with Crippen LogP contribution in [0.3, 0.4) is 0 Å². The summed E-state index contributed by atoms with van der Waals surface area (Å²) in [5.41, 5.74) is 1.53. The van der Waals surface area contributed by atoms with Crippen LogP contribution in [-0.2, 0) is 4.79 Å². The minimum atomic E-state index is -0.374. The minimum Gasteiger partial charge on any atom is -0.317 e. The number of amides is 1. The van der Waals surface area contributed by atoms with Gasteiger partial charge in [0.25, 0.3) is 0 Å². The first-order chi connectivity index (χ1) is 10.9. The number of carbonyl (C=O) groups excluding carboxylic acids is 1. The standard InChI is InChI=1S/C16H13Cl2N3OS/c1-10-3-2-4-14(19-10)20-16(23)21-15(22)8-6-11-5-7-12(17)9-13(11)18/h2-9H,1H3,(H2,19,20,21,22,23)/b8-6+. The first kappa shape index (κ1) is 17.4. The predicted molar refractivity (Wildman–Crippen MR) is 98.8 cm³/mol. The molecule has 0 saturated heterocycles. The molecule has 1 aromatic heterocycles. The topological polar surface area (TPSA) is 54.0 Å². The number of aromatic nitrogens is 1. The number of halogens is 2. The first-order valence-corrected chi connectivity index (χ1v) is 7.79. The Morgan fingerprint density at radius 2 is 2.04 bits per heavy atom. The third-order valence-electron chi connectivity index (χ3n) is 2.74. The first-order valence-electron chi connectivity index (χ1n) is 6.63. The predicted octanol–water partition coefficient (Wildman–Crippen LogP) is 4.22. The summed E-state index contributed by atoms with van der Waals surface area (Å²) >= 11 is 16.9. The normalized spacial score (nSPS) is 10.6. The number of carbonyl (C=O) groups is 1. The average molecular weight is 366 g/mol. The van der Waals surface area contributed by atoms with Crippen LogP contribution in [0.1, 0.15) is 11.3 Å². The quantitative estimate of drug-likeness (QED) is 0.631. The summed E-state index contributed by atoms with van der Waals surface area (Å²) < 4.78 is 0. The maximum absolute atomic E-state index is 11.8. The second-order valence-electron chi connectivity index (χ2n) is 4.61. The van der Waals surface area contributed by atoms with Gasteiger partial charge in [0.1, 0.15) is 5.82 Å². The minimum absolute atomic E-state index is 0.167. The lowest BCUT2D eigenvalue weighted by atomic mass is 10.2. The van der Waals surface area contributed by atoms with Gasteiger partial charge in [-0.3, -0.25) is 10.1 Å². The molecule has 0 aliphatic carbocycles. The van der Waals surface area contributed by atoms with Crippen molar-refractivity contribution in [2.45, 2.75) is 6.92 Å². The van der Waals surface area contributed by atoms with E-state index in [1.807, 2.05) is 19.1 Å². The van der Waals surface area contributed by atoms with Gasteiger partial charge in [0, 0.05) is 21.8 Å². The second kappa shape index (κ2) is 8.06. The van der Waals surface area contributed by atoms with Gasteiger partial charge in [-0.25, -0.2) is 4.98 Å². The van der Waals surface area contributed by atoms with Crippen molar-refractivity contribution >= 4 is 58.3 Å². The number of pyridine rings is 1. The van der Waals surface area contributed by atoms with E-state index in [0.717, 1.165) is 5.69 Å². The highest BCUT2D eigenvalue weighted by Gasteiger charge is 2.03. The molecule has 1 aromatic carbocycles. The Morgan fingerprint density at radius 1 is 1.26 bits per heavy atom. The molecule has 2 N–H and O–H groups in total. The third kappa shape index (κ3) is 5.63. The summed E-state index contributed by atoms with van der Waals surface area (Å²) in [6.45, 7) is 1.87. The molecule has 0 bridgehead atoms. The molecule has 4 nitrogen and oxygen atoms in total. The molecular weight excluding hydrogens is 353 g/mol. The van der Waals surface area contributed by atoms with E-state index >= 15 is 0 Å². The van der Waals surface area contributed by atoms with Crippen molar-refractivity contribution in [1.82, 2.24) is 10.3 Å². The summed E-state index contributed by atoms with van der Waals surface area (Å²) in [5.74, 6) is 0.196. The lowest BCUT2D eigenvalue weighted by molar-refractivity contribution is -0.115. The molecule has 2 aromatic rings. The molecule has 0 unspecified atom stereocenters. The molecule has 0 saturated carbocycles. The zero-order valence-electron chi connectivity index (χ0n) is 12.1. The van der Waals surface area contributed by atoms with Gasteiger partial charge in [-0.15, -0.1) is 0 Å². The van der Waals surface area contributed by atoms with Crippen molar-refractivity contribution in [3.05, 3.63) is 63.8 Å². The van der Waals surface area contributed by atoms with E-state index in [1.165, 1.54) is 6.08 Å². The molecule has 0 atom stereocenters. The van der Waals surface area contributed by atoms with E-state index in [1.54, 1.807) is 30.3 Å². The number of thiocarbonyl (C=S) groups is 1. The van der Waals surface area contributed by atoms with E-state index in [4.69, 9.17) is 35.4 Å². The summed E-state index contributed by atoms with van der Waals surface area (Å²) in [4.78, 5) is 16.1. The fraction of sp³-hybridized carbons (Fsp3) is 0.0625.